The molecule has 130 valence electrons. The van der Waals surface area contributed by atoms with E-state index < -0.39 is 5.91 Å². The van der Waals surface area contributed by atoms with Crippen LogP contribution in [0.15, 0.2) is 69.9 Å². The first-order valence-corrected chi connectivity index (χ1v) is 8.09. The van der Waals surface area contributed by atoms with Gasteiger partial charge in [-0.15, -0.1) is 5.10 Å². The Kier molecular flexibility index (Phi) is 4.10. The summed E-state index contributed by atoms with van der Waals surface area (Å²) in [6.45, 7) is 2.54. The first-order chi connectivity index (χ1) is 12.7. The largest absolute Gasteiger partial charge is 0.461 e. The topological polar surface area (TPSA) is 86.1 Å². The lowest BCUT2D eigenvalue weighted by Crippen LogP contribution is -2.17. The van der Waals surface area contributed by atoms with Crippen LogP contribution in [0.4, 0.5) is 5.95 Å². The van der Waals surface area contributed by atoms with Crippen molar-refractivity contribution in [2.45, 2.75) is 13.5 Å². The molecule has 4 aromatic rings. The van der Waals surface area contributed by atoms with Gasteiger partial charge in [0.15, 0.2) is 11.5 Å². The molecule has 4 rings (SSSR count). The molecule has 0 saturated carbocycles. The Balaban J connectivity index is 1.65. The second-order valence-electron chi connectivity index (χ2n) is 5.77. The molecule has 0 spiro atoms. The molecule has 0 atom stereocenters. The van der Waals surface area contributed by atoms with Gasteiger partial charge in [0.1, 0.15) is 0 Å². The van der Waals surface area contributed by atoms with Gasteiger partial charge in [0.2, 0.25) is 11.8 Å². The highest BCUT2D eigenvalue weighted by Crippen LogP contribution is 2.20. The summed E-state index contributed by atoms with van der Waals surface area (Å²) in [5, 5.41) is 7.43. The van der Waals surface area contributed by atoms with Crippen LogP contribution in [0.25, 0.3) is 11.6 Å². The van der Waals surface area contributed by atoms with Gasteiger partial charge in [0, 0.05) is 6.54 Å². The first kappa shape index (κ1) is 15.9. The molecule has 26 heavy (non-hydrogen) atoms. The molecule has 0 amide bonds. The van der Waals surface area contributed by atoms with E-state index in [0.29, 0.717) is 24.1 Å². The molecule has 0 aliphatic heterocycles. The SMILES string of the molecule is Cc1ccc(CNc2nc(-c3ccco3)nn2C(=O)c2ccco2)cc1. The lowest BCUT2D eigenvalue weighted by Gasteiger charge is -2.06. The number of furan rings is 2. The van der Waals surface area contributed by atoms with Crippen LogP contribution in [-0.2, 0) is 6.54 Å². The molecule has 3 aromatic heterocycles. The maximum atomic E-state index is 12.7. The highest BCUT2D eigenvalue weighted by molar-refractivity contribution is 5.94. The number of nitrogens with one attached hydrogen (secondary N) is 1. The normalized spacial score (nSPS) is 10.8. The van der Waals surface area contributed by atoms with Crippen molar-refractivity contribution in [2.75, 3.05) is 5.32 Å². The third-order valence-electron chi connectivity index (χ3n) is 3.84. The fourth-order valence-corrected chi connectivity index (χ4v) is 2.47. The average Bonchev–Trinajstić information content (AvgIpc) is 3.41. The summed E-state index contributed by atoms with van der Waals surface area (Å²) in [5.74, 6) is 0.889. The third kappa shape index (κ3) is 3.14. The molecule has 0 aliphatic carbocycles. The van der Waals surface area contributed by atoms with Gasteiger partial charge in [0.25, 0.3) is 0 Å². The van der Waals surface area contributed by atoms with Crippen molar-refractivity contribution >= 4 is 11.9 Å². The summed E-state index contributed by atoms with van der Waals surface area (Å²) in [6, 6.07) is 14.8. The van der Waals surface area contributed by atoms with Gasteiger partial charge in [-0.3, -0.25) is 4.79 Å². The van der Waals surface area contributed by atoms with E-state index in [1.54, 1.807) is 24.3 Å². The van der Waals surface area contributed by atoms with Crippen molar-refractivity contribution < 1.29 is 13.6 Å². The van der Waals surface area contributed by atoms with Gasteiger partial charge in [-0.2, -0.15) is 9.67 Å². The van der Waals surface area contributed by atoms with Crippen LogP contribution >= 0.6 is 0 Å². The number of benzene rings is 1. The van der Waals surface area contributed by atoms with Gasteiger partial charge in [-0.25, -0.2) is 0 Å². The summed E-state index contributed by atoms with van der Waals surface area (Å²) in [4.78, 5) is 17.1. The number of aryl methyl sites for hydroxylation is 1. The van der Waals surface area contributed by atoms with E-state index in [4.69, 9.17) is 8.83 Å². The number of carbonyl (C=O) groups excluding carboxylic acids is 1. The van der Waals surface area contributed by atoms with Crippen LogP contribution < -0.4 is 5.32 Å². The van der Waals surface area contributed by atoms with E-state index in [-0.39, 0.29) is 5.76 Å². The Morgan fingerprint density at radius 3 is 2.54 bits per heavy atom. The Hall–Kier alpha value is -3.61. The zero-order valence-electron chi connectivity index (χ0n) is 14.0. The van der Waals surface area contributed by atoms with Crippen LogP contribution in [0.5, 0.6) is 0 Å². The molecule has 1 N–H and O–H groups in total. The monoisotopic (exact) mass is 348 g/mol. The second-order valence-corrected chi connectivity index (χ2v) is 5.77. The van der Waals surface area contributed by atoms with Crippen LogP contribution in [0.3, 0.4) is 0 Å². The van der Waals surface area contributed by atoms with Gasteiger partial charge < -0.3 is 14.2 Å². The van der Waals surface area contributed by atoms with E-state index in [1.165, 1.54) is 22.8 Å². The lowest BCUT2D eigenvalue weighted by atomic mass is 10.1. The van der Waals surface area contributed by atoms with Crippen LogP contribution in [0, 0.1) is 6.92 Å². The number of anilines is 1. The predicted octanol–water partition coefficient (Wildman–Crippen LogP) is 3.74. The lowest BCUT2D eigenvalue weighted by molar-refractivity contribution is 0.0919. The number of nitrogens with zero attached hydrogens (tertiary/aromatic N) is 3. The number of hydrogen-bond donors (Lipinski definition) is 1. The van der Waals surface area contributed by atoms with E-state index >= 15 is 0 Å². The second kappa shape index (κ2) is 6.72. The van der Waals surface area contributed by atoms with Gasteiger partial charge in [0.05, 0.1) is 12.5 Å². The van der Waals surface area contributed by atoms with E-state index in [0.717, 1.165) is 5.56 Å². The average molecular weight is 348 g/mol. The number of hydrogen-bond acceptors (Lipinski definition) is 6. The van der Waals surface area contributed by atoms with Crippen LogP contribution in [0.2, 0.25) is 0 Å². The van der Waals surface area contributed by atoms with Crippen molar-refractivity contribution in [3.05, 3.63) is 77.9 Å². The third-order valence-corrected chi connectivity index (χ3v) is 3.84. The summed E-state index contributed by atoms with van der Waals surface area (Å²) in [5.41, 5.74) is 2.25. The molecular formula is C19H16N4O3. The molecule has 7 heteroatoms. The predicted molar refractivity (Wildman–Crippen MR) is 94.7 cm³/mol. The van der Waals surface area contributed by atoms with E-state index in [1.807, 2.05) is 31.2 Å². The molecule has 0 saturated heterocycles. The molecule has 0 bridgehead atoms. The minimum atomic E-state index is -0.410. The number of carbonyl (C=O) groups is 1. The molecule has 0 fully saturated rings. The van der Waals surface area contributed by atoms with Crippen molar-refractivity contribution in [3.8, 4) is 11.6 Å². The van der Waals surface area contributed by atoms with Crippen molar-refractivity contribution in [3.63, 3.8) is 0 Å². The highest BCUT2D eigenvalue weighted by Gasteiger charge is 2.21. The zero-order valence-corrected chi connectivity index (χ0v) is 14.0. The molecule has 1 aromatic carbocycles. The maximum Gasteiger partial charge on any atom is 0.317 e. The number of aromatic nitrogens is 3. The molecular weight excluding hydrogens is 332 g/mol. The Labute approximate surface area is 149 Å². The molecule has 3 heterocycles. The standard InChI is InChI=1S/C19H16N4O3/c1-13-6-8-14(9-7-13)12-20-19-21-17(15-4-2-10-25-15)22-23(19)18(24)16-5-3-11-26-16/h2-11H,12H2,1H3,(H,20,21,22). The van der Waals surface area contributed by atoms with Crippen LogP contribution in [-0.4, -0.2) is 20.7 Å². The van der Waals surface area contributed by atoms with Crippen molar-refractivity contribution in [1.82, 2.24) is 14.8 Å². The van der Waals surface area contributed by atoms with E-state index in [9.17, 15) is 4.79 Å². The smallest absolute Gasteiger partial charge is 0.317 e. The van der Waals surface area contributed by atoms with Crippen molar-refractivity contribution in [1.29, 1.82) is 0 Å². The summed E-state index contributed by atoms with van der Waals surface area (Å²) in [6.07, 6.45) is 2.97. The van der Waals surface area contributed by atoms with Gasteiger partial charge >= 0.3 is 5.91 Å². The Morgan fingerprint density at radius 1 is 1.08 bits per heavy atom. The quantitative estimate of drug-likeness (QED) is 0.591. The summed E-state index contributed by atoms with van der Waals surface area (Å²) in [7, 11) is 0. The first-order valence-electron chi connectivity index (χ1n) is 8.09. The van der Waals surface area contributed by atoms with Gasteiger partial charge in [-0.05, 0) is 36.8 Å². The summed E-state index contributed by atoms with van der Waals surface area (Å²) >= 11 is 0. The minimum absolute atomic E-state index is 0.180. The van der Waals surface area contributed by atoms with Gasteiger partial charge in [-0.1, -0.05) is 29.8 Å². The van der Waals surface area contributed by atoms with E-state index in [2.05, 4.69) is 15.4 Å². The molecule has 0 radical (unpaired) electrons. The summed E-state index contributed by atoms with van der Waals surface area (Å²) < 4.78 is 11.7. The number of rotatable bonds is 5. The Morgan fingerprint density at radius 2 is 1.85 bits per heavy atom. The molecule has 0 aliphatic rings. The Bertz CT molecular complexity index is 1000. The van der Waals surface area contributed by atoms with Crippen molar-refractivity contribution in [2.24, 2.45) is 0 Å². The zero-order chi connectivity index (χ0) is 17.9. The fourth-order valence-electron chi connectivity index (χ4n) is 2.47. The van der Waals surface area contributed by atoms with Crippen LogP contribution in [0.1, 0.15) is 21.7 Å². The minimum Gasteiger partial charge on any atom is -0.461 e. The molecule has 7 nitrogen and oxygen atoms in total. The highest BCUT2D eigenvalue weighted by atomic mass is 16.3. The maximum absolute atomic E-state index is 12.7. The molecule has 0 unspecified atom stereocenters. The fraction of sp³-hybridized carbons (Fsp3) is 0.105.